The van der Waals surface area contributed by atoms with Gasteiger partial charge in [0.25, 0.3) is 0 Å². The third-order valence-corrected chi connectivity index (χ3v) is 3.30. The molecule has 1 aromatic carbocycles. The highest BCUT2D eigenvalue weighted by Gasteiger charge is 2.18. The summed E-state index contributed by atoms with van der Waals surface area (Å²) in [6, 6.07) is 8.47. The van der Waals surface area contributed by atoms with Crippen LogP contribution >= 0.6 is 12.4 Å². The lowest BCUT2D eigenvalue weighted by Crippen LogP contribution is -2.24. The van der Waals surface area contributed by atoms with Crippen LogP contribution in [0.1, 0.15) is 31.7 Å². The molecule has 2 atom stereocenters. The molecule has 0 saturated heterocycles. The highest BCUT2D eigenvalue weighted by molar-refractivity contribution is 5.85. The summed E-state index contributed by atoms with van der Waals surface area (Å²) >= 11 is 0. The van der Waals surface area contributed by atoms with Gasteiger partial charge in [-0.3, -0.25) is 0 Å². The molecule has 0 spiro atoms. The largest absolute Gasteiger partial charge is 0.497 e. The fourth-order valence-electron chi connectivity index (χ4n) is 2.54. The zero-order valence-electron chi connectivity index (χ0n) is 12.1. The first-order valence-electron chi connectivity index (χ1n) is 6.37. The highest BCUT2D eigenvalue weighted by atomic mass is 35.5. The molecule has 0 radical (unpaired) electrons. The minimum absolute atomic E-state index is 0. The zero-order chi connectivity index (χ0) is 12.8. The monoisotopic (exact) mass is 271 g/mol. The zero-order valence-corrected chi connectivity index (χ0v) is 13.0. The Morgan fingerprint density at radius 1 is 1.28 bits per heavy atom. The van der Waals surface area contributed by atoms with E-state index in [2.05, 4.69) is 51.0 Å². The van der Waals surface area contributed by atoms with E-state index in [-0.39, 0.29) is 12.4 Å². The van der Waals surface area contributed by atoms with Gasteiger partial charge in [0.05, 0.1) is 7.11 Å². The minimum Gasteiger partial charge on any atom is -0.497 e. The Hall–Kier alpha value is -0.730. The number of hydrogen-bond acceptors (Lipinski definition) is 2. The van der Waals surface area contributed by atoms with E-state index in [0.29, 0.717) is 11.8 Å². The molecule has 0 N–H and O–H groups in total. The van der Waals surface area contributed by atoms with Crippen molar-refractivity contribution in [2.75, 3.05) is 27.7 Å². The molecule has 0 saturated carbocycles. The lowest BCUT2D eigenvalue weighted by atomic mass is 9.85. The molecule has 0 heterocycles. The molecule has 104 valence electrons. The van der Waals surface area contributed by atoms with Crippen molar-refractivity contribution in [2.24, 2.45) is 5.92 Å². The Morgan fingerprint density at radius 2 is 1.94 bits per heavy atom. The van der Waals surface area contributed by atoms with E-state index < -0.39 is 0 Å². The van der Waals surface area contributed by atoms with Crippen LogP contribution in [0.5, 0.6) is 5.75 Å². The summed E-state index contributed by atoms with van der Waals surface area (Å²) in [5.41, 5.74) is 1.39. The normalized spacial score (nSPS) is 13.9. The lowest BCUT2D eigenvalue weighted by molar-refractivity contribution is 0.301. The van der Waals surface area contributed by atoms with Crippen LogP contribution in [0.4, 0.5) is 0 Å². The maximum absolute atomic E-state index is 5.30. The van der Waals surface area contributed by atoms with Gasteiger partial charge in [-0.1, -0.05) is 26.0 Å². The summed E-state index contributed by atoms with van der Waals surface area (Å²) in [4.78, 5) is 2.26. The molecule has 0 bridgehead atoms. The Bertz CT molecular complexity index is 341. The van der Waals surface area contributed by atoms with E-state index in [9.17, 15) is 0 Å². The minimum atomic E-state index is 0. The van der Waals surface area contributed by atoms with Gasteiger partial charge in [0.1, 0.15) is 5.75 Å². The first-order chi connectivity index (χ1) is 8.08. The number of methoxy groups -OCH3 is 1. The smallest absolute Gasteiger partial charge is 0.119 e. The summed E-state index contributed by atoms with van der Waals surface area (Å²) in [5.74, 6) is 2.22. The third-order valence-electron chi connectivity index (χ3n) is 3.30. The predicted octanol–water partition coefficient (Wildman–Crippen LogP) is 3.81. The summed E-state index contributed by atoms with van der Waals surface area (Å²) < 4.78 is 5.30. The summed E-state index contributed by atoms with van der Waals surface area (Å²) in [7, 11) is 5.99. The van der Waals surface area contributed by atoms with Crippen molar-refractivity contribution < 1.29 is 4.74 Å². The molecule has 0 aliphatic carbocycles. The van der Waals surface area contributed by atoms with Crippen LogP contribution in [0.2, 0.25) is 0 Å². The maximum atomic E-state index is 5.30. The predicted molar refractivity (Wildman–Crippen MR) is 81.0 cm³/mol. The number of ether oxygens (including phenoxy) is 1. The molecular weight excluding hydrogens is 246 g/mol. The molecule has 0 aliphatic rings. The fraction of sp³-hybridized carbons (Fsp3) is 0.600. The topological polar surface area (TPSA) is 12.5 Å². The fourth-order valence-corrected chi connectivity index (χ4v) is 2.54. The molecule has 1 rings (SSSR count). The second-order valence-electron chi connectivity index (χ2n) is 5.03. The van der Waals surface area contributed by atoms with Crippen LogP contribution in [0.25, 0.3) is 0 Å². The summed E-state index contributed by atoms with van der Waals surface area (Å²) in [5, 5.41) is 0. The van der Waals surface area contributed by atoms with Crippen molar-refractivity contribution in [2.45, 2.75) is 26.2 Å². The van der Waals surface area contributed by atoms with E-state index in [1.807, 2.05) is 6.07 Å². The van der Waals surface area contributed by atoms with Gasteiger partial charge in [-0.25, -0.2) is 0 Å². The summed E-state index contributed by atoms with van der Waals surface area (Å²) in [6.07, 6.45) is 1.17. The SMILES string of the molecule is CC[C@H](c1cccc(OC)c1)[C@@H](C)CN(C)C.Cl. The first kappa shape index (κ1) is 17.3. The molecule has 0 amide bonds. The Kier molecular flexibility index (Phi) is 8.05. The highest BCUT2D eigenvalue weighted by Crippen LogP contribution is 2.30. The molecule has 18 heavy (non-hydrogen) atoms. The van der Waals surface area contributed by atoms with Gasteiger partial charge < -0.3 is 9.64 Å². The van der Waals surface area contributed by atoms with Crippen LogP contribution in [-0.2, 0) is 0 Å². The lowest BCUT2D eigenvalue weighted by Gasteiger charge is -2.26. The Morgan fingerprint density at radius 3 is 2.44 bits per heavy atom. The van der Waals surface area contributed by atoms with E-state index in [4.69, 9.17) is 4.74 Å². The standard InChI is InChI=1S/C15H25NO.ClH/c1-6-15(12(2)11-16(3)4)13-8-7-9-14(10-13)17-5;/h7-10,12,15H,6,11H2,1-5H3;1H/t12-,15-;/m0./s1. The average Bonchev–Trinajstić information content (AvgIpc) is 2.29. The average molecular weight is 272 g/mol. The van der Waals surface area contributed by atoms with E-state index in [0.717, 1.165) is 12.3 Å². The molecule has 0 aromatic heterocycles. The summed E-state index contributed by atoms with van der Waals surface area (Å²) in [6.45, 7) is 5.71. The third kappa shape index (κ3) is 4.87. The van der Waals surface area contributed by atoms with Crippen molar-refractivity contribution >= 4 is 12.4 Å². The van der Waals surface area contributed by atoms with Gasteiger partial charge in [-0.15, -0.1) is 12.4 Å². The number of halogens is 1. The van der Waals surface area contributed by atoms with Gasteiger partial charge in [0.2, 0.25) is 0 Å². The second kappa shape index (κ2) is 8.39. The van der Waals surface area contributed by atoms with E-state index >= 15 is 0 Å². The van der Waals surface area contributed by atoms with Crippen LogP contribution in [-0.4, -0.2) is 32.6 Å². The first-order valence-corrected chi connectivity index (χ1v) is 6.37. The molecule has 0 fully saturated rings. The van der Waals surface area contributed by atoms with Crippen molar-refractivity contribution in [3.63, 3.8) is 0 Å². The van der Waals surface area contributed by atoms with Gasteiger partial charge in [-0.2, -0.15) is 0 Å². The molecule has 0 aliphatic heterocycles. The molecule has 1 aromatic rings. The molecule has 2 nitrogen and oxygen atoms in total. The Labute approximate surface area is 118 Å². The number of benzene rings is 1. The second-order valence-corrected chi connectivity index (χ2v) is 5.03. The molecular formula is C15H26ClNO. The van der Waals surface area contributed by atoms with E-state index in [1.165, 1.54) is 12.0 Å². The molecule has 3 heteroatoms. The molecule has 0 unspecified atom stereocenters. The van der Waals surface area contributed by atoms with Gasteiger partial charge in [0.15, 0.2) is 0 Å². The van der Waals surface area contributed by atoms with Crippen LogP contribution in [0, 0.1) is 5.92 Å². The van der Waals surface area contributed by atoms with Crippen molar-refractivity contribution in [1.29, 1.82) is 0 Å². The quantitative estimate of drug-likeness (QED) is 0.780. The van der Waals surface area contributed by atoms with Crippen molar-refractivity contribution in [3.8, 4) is 5.75 Å². The van der Waals surface area contributed by atoms with Crippen LogP contribution in [0.15, 0.2) is 24.3 Å². The number of rotatable bonds is 6. The Balaban J connectivity index is 0.00000289. The number of nitrogens with zero attached hydrogens (tertiary/aromatic N) is 1. The van der Waals surface area contributed by atoms with Gasteiger partial charge >= 0.3 is 0 Å². The number of hydrogen-bond donors (Lipinski definition) is 0. The van der Waals surface area contributed by atoms with Crippen LogP contribution in [0.3, 0.4) is 0 Å². The van der Waals surface area contributed by atoms with Crippen molar-refractivity contribution in [1.82, 2.24) is 4.90 Å². The van der Waals surface area contributed by atoms with E-state index in [1.54, 1.807) is 7.11 Å². The van der Waals surface area contributed by atoms with Crippen LogP contribution < -0.4 is 4.74 Å². The maximum Gasteiger partial charge on any atom is 0.119 e. The van der Waals surface area contributed by atoms with Gasteiger partial charge in [0, 0.05) is 6.54 Å². The van der Waals surface area contributed by atoms with Gasteiger partial charge in [-0.05, 0) is 50.0 Å². The van der Waals surface area contributed by atoms with Crippen molar-refractivity contribution in [3.05, 3.63) is 29.8 Å².